The molecule has 0 saturated carbocycles. The maximum absolute atomic E-state index is 12.8. The van der Waals surface area contributed by atoms with Crippen molar-refractivity contribution < 1.29 is 17.6 Å². The zero-order valence-corrected chi connectivity index (χ0v) is 13.8. The number of anilines is 1. The first-order valence-electron chi connectivity index (χ1n) is 7.83. The number of hydrogen-bond acceptors (Lipinski definition) is 7. The number of alkyl halides is 3. The normalized spacial score (nSPS) is 13.0. The average Bonchev–Trinajstić information content (AvgIpc) is 3.27. The summed E-state index contributed by atoms with van der Waals surface area (Å²) >= 11 is 0. The van der Waals surface area contributed by atoms with Crippen LogP contribution in [0.5, 0.6) is 0 Å². The van der Waals surface area contributed by atoms with Crippen LogP contribution in [0, 0.1) is 0 Å². The molecule has 3 aromatic heterocycles. The standard InChI is InChI=1S/C16H12F3N7O/c1-9(13-22-8-23-26(13)14-20-5-2-6-21-14)24-15-25-11-7-10(16(17,18)19)3-4-12(11)27-15/h2-9H,1H3,(H,24,25)/t9-/m0/s1. The van der Waals surface area contributed by atoms with Gasteiger partial charge in [-0.2, -0.15) is 27.9 Å². The van der Waals surface area contributed by atoms with E-state index in [0.717, 1.165) is 12.1 Å². The largest absolute Gasteiger partial charge is 0.424 e. The Hall–Kier alpha value is -3.50. The summed E-state index contributed by atoms with van der Waals surface area (Å²) in [5.41, 5.74) is -0.443. The molecule has 0 bridgehead atoms. The van der Waals surface area contributed by atoms with Gasteiger partial charge in [0, 0.05) is 12.4 Å². The van der Waals surface area contributed by atoms with Crippen LogP contribution in [-0.2, 0) is 6.18 Å². The van der Waals surface area contributed by atoms with Crippen LogP contribution in [0.4, 0.5) is 19.2 Å². The SMILES string of the molecule is C[C@H](Nc1nc2cc(C(F)(F)F)ccc2o1)c1ncnn1-c1ncccn1. The van der Waals surface area contributed by atoms with Crippen LogP contribution in [0.3, 0.4) is 0 Å². The predicted molar refractivity (Wildman–Crippen MR) is 88.0 cm³/mol. The van der Waals surface area contributed by atoms with E-state index in [4.69, 9.17) is 4.42 Å². The third kappa shape index (κ3) is 3.30. The molecule has 0 aliphatic heterocycles. The summed E-state index contributed by atoms with van der Waals surface area (Å²) < 4.78 is 45.4. The maximum Gasteiger partial charge on any atom is 0.416 e. The molecule has 1 aromatic carbocycles. The van der Waals surface area contributed by atoms with E-state index in [1.165, 1.54) is 17.1 Å². The highest BCUT2D eigenvalue weighted by Gasteiger charge is 2.31. The quantitative estimate of drug-likeness (QED) is 0.584. The molecule has 1 atom stereocenters. The van der Waals surface area contributed by atoms with Crippen LogP contribution in [0.15, 0.2) is 47.4 Å². The van der Waals surface area contributed by atoms with Gasteiger partial charge in [-0.15, -0.1) is 0 Å². The van der Waals surface area contributed by atoms with Gasteiger partial charge in [0.2, 0.25) is 0 Å². The van der Waals surface area contributed by atoms with Gasteiger partial charge in [-0.1, -0.05) is 0 Å². The van der Waals surface area contributed by atoms with Gasteiger partial charge in [-0.25, -0.2) is 15.0 Å². The molecular weight excluding hydrogens is 363 g/mol. The Kier molecular flexibility index (Phi) is 3.98. The highest BCUT2D eigenvalue weighted by molar-refractivity contribution is 5.75. The van der Waals surface area contributed by atoms with Crippen LogP contribution in [0.25, 0.3) is 17.0 Å². The van der Waals surface area contributed by atoms with Crippen LogP contribution in [-0.4, -0.2) is 29.7 Å². The molecule has 0 radical (unpaired) electrons. The van der Waals surface area contributed by atoms with Gasteiger partial charge in [0.05, 0.1) is 11.6 Å². The molecule has 0 aliphatic carbocycles. The van der Waals surface area contributed by atoms with Crippen molar-refractivity contribution >= 4 is 17.1 Å². The molecule has 1 N–H and O–H groups in total. The summed E-state index contributed by atoms with van der Waals surface area (Å²) in [7, 11) is 0. The molecule has 4 rings (SSSR count). The first-order valence-corrected chi connectivity index (χ1v) is 7.83. The second kappa shape index (κ2) is 6.34. The molecule has 4 aromatic rings. The first kappa shape index (κ1) is 16.9. The van der Waals surface area contributed by atoms with E-state index in [-0.39, 0.29) is 17.1 Å². The monoisotopic (exact) mass is 375 g/mol. The third-order valence-corrected chi connectivity index (χ3v) is 3.76. The van der Waals surface area contributed by atoms with E-state index >= 15 is 0 Å². The van der Waals surface area contributed by atoms with E-state index < -0.39 is 17.8 Å². The zero-order valence-electron chi connectivity index (χ0n) is 13.8. The highest BCUT2D eigenvalue weighted by Crippen LogP contribution is 2.32. The number of rotatable bonds is 4. The Morgan fingerprint density at radius 2 is 1.93 bits per heavy atom. The van der Waals surface area contributed by atoms with E-state index in [1.54, 1.807) is 25.4 Å². The van der Waals surface area contributed by atoms with Gasteiger partial charge in [-0.3, -0.25) is 0 Å². The van der Waals surface area contributed by atoms with Crippen LogP contribution < -0.4 is 5.32 Å². The minimum atomic E-state index is -4.44. The molecule has 0 fully saturated rings. The molecule has 3 heterocycles. The molecule has 8 nitrogen and oxygen atoms in total. The number of fused-ring (bicyclic) bond motifs is 1. The molecule has 0 spiro atoms. The van der Waals surface area contributed by atoms with E-state index in [2.05, 4.69) is 30.4 Å². The number of halogens is 3. The number of hydrogen-bond donors (Lipinski definition) is 1. The van der Waals surface area contributed by atoms with Crippen LogP contribution in [0.1, 0.15) is 24.4 Å². The molecule has 0 amide bonds. The molecule has 27 heavy (non-hydrogen) atoms. The lowest BCUT2D eigenvalue weighted by Gasteiger charge is -2.11. The number of aromatic nitrogens is 6. The van der Waals surface area contributed by atoms with Gasteiger partial charge in [0.25, 0.3) is 12.0 Å². The van der Waals surface area contributed by atoms with E-state index in [1.807, 2.05) is 0 Å². The van der Waals surface area contributed by atoms with Gasteiger partial charge < -0.3 is 9.73 Å². The lowest BCUT2D eigenvalue weighted by molar-refractivity contribution is -0.137. The Labute approximate surface area is 150 Å². The Bertz CT molecular complexity index is 1070. The fourth-order valence-electron chi connectivity index (χ4n) is 2.52. The van der Waals surface area contributed by atoms with E-state index in [0.29, 0.717) is 11.8 Å². The van der Waals surface area contributed by atoms with Gasteiger partial charge in [-0.05, 0) is 31.2 Å². The van der Waals surface area contributed by atoms with Gasteiger partial charge in [0.1, 0.15) is 11.8 Å². The van der Waals surface area contributed by atoms with Crippen molar-refractivity contribution in [1.82, 2.24) is 29.7 Å². The summed E-state index contributed by atoms with van der Waals surface area (Å²) in [4.78, 5) is 16.5. The lowest BCUT2D eigenvalue weighted by Crippen LogP contribution is -2.15. The zero-order chi connectivity index (χ0) is 19.0. The number of oxazole rings is 1. The topological polar surface area (TPSA) is 94.6 Å². The summed E-state index contributed by atoms with van der Waals surface area (Å²) in [6.07, 6.45) is 0.0571. The summed E-state index contributed by atoms with van der Waals surface area (Å²) in [6.45, 7) is 1.78. The van der Waals surface area contributed by atoms with Gasteiger partial charge >= 0.3 is 6.18 Å². The van der Waals surface area contributed by atoms with Crippen molar-refractivity contribution in [3.05, 3.63) is 54.4 Å². The number of benzene rings is 1. The minimum Gasteiger partial charge on any atom is -0.424 e. The van der Waals surface area contributed by atoms with Crippen LogP contribution in [0.2, 0.25) is 0 Å². The van der Waals surface area contributed by atoms with Crippen molar-refractivity contribution in [2.75, 3.05) is 5.32 Å². The van der Waals surface area contributed by atoms with Gasteiger partial charge in [0.15, 0.2) is 11.4 Å². The Balaban J connectivity index is 1.61. The molecule has 0 unspecified atom stereocenters. The summed E-state index contributed by atoms with van der Waals surface area (Å²) in [5, 5.41) is 7.06. The number of nitrogens with zero attached hydrogens (tertiary/aromatic N) is 6. The lowest BCUT2D eigenvalue weighted by atomic mass is 10.2. The Morgan fingerprint density at radius 1 is 1.15 bits per heavy atom. The van der Waals surface area contributed by atoms with Crippen molar-refractivity contribution in [2.45, 2.75) is 19.1 Å². The number of nitrogens with one attached hydrogen (secondary N) is 1. The summed E-state index contributed by atoms with van der Waals surface area (Å²) in [5.74, 6) is 0.825. The van der Waals surface area contributed by atoms with Crippen molar-refractivity contribution in [1.29, 1.82) is 0 Å². The van der Waals surface area contributed by atoms with Crippen molar-refractivity contribution in [3.63, 3.8) is 0 Å². The van der Waals surface area contributed by atoms with Crippen LogP contribution >= 0.6 is 0 Å². The second-order valence-corrected chi connectivity index (χ2v) is 5.64. The molecule has 138 valence electrons. The maximum atomic E-state index is 12.8. The fourth-order valence-corrected chi connectivity index (χ4v) is 2.52. The summed E-state index contributed by atoms with van der Waals surface area (Å²) in [6, 6.07) is 4.45. The van der Waals surface area contributed by atoms with E-state index in [9.17, 15) is 13.2 Å². The molecule has 11 heteroatoms. The Morgan fingerprint density at radius 3 is 2.67 bits per heavy atom. The fraction of sp³-hybridized carbons (Fsp3) is 0.188. The smallest absolute Gasteiger partial charge is 0.416 e. The molecule has 0 saturated heterocycles. The third-order valence-electron chi connectivity index (χ3n) is 3.76. The predicted octanol–water partition coefficient (Wildman–Crippen LogP) is 3.39. The first-order chi connectivity index (χ1) is 12.9. The average molecular weight is 375 g/mol. The molecule has 0 aliphatic rings. The van der Waals surface area contributed by atoms with Crippen molar-refractivity contribution in [2.24, 2.45) is 0 Å². The van der Waals surface area contributed by atoms with Crippen molar-refractivity contribution in [3.8, 4) is 5.95 Å². The molecular formula is C16H12F3N7O. The highest BCUT2D eigenvalue weighted by atomic mass is 19.4. The minimum absolute atomic E-state index is 0.0698. The second-order valence-electron chi connectivity index (χ2n) is 5.64.